The third kappa shape index (κ3) is 3.49. The van der Waals surface area contributed by atoms with E-state index in [-0.39, 0.29) is 16.5 Å². The van der Waals surface area contributed by atoms with Crippen molar-refractivity contribution in [2.75, 3.05) is 5.32 Å². The van der Waals surface area contributed by atoms with E-state index in [4.69, 9.17) is 23.2 Å². The highest BCUT2D eigenvalue weighted by atomic mass is 35.5. The molecule has 0 radical (unpaired) electrons. The predicted octanol–water partition coefficient (Wildman–Crippen LogP) is 4.68. The van der Waals surface area contributed by atoms with Gasteiger partial charge in [0.25, 0.3) is 0 Å². The molecular weight excluding hydrogens is 321 g/mol. The summed E-state index contributed by atoms with van der Waals surface area (Å²) in [4.78, 5) is 6.61. The van der Waals surface area contributed by atoms with Gasteiger partial charge in [-0.25, -0.2) is 14.4 Å². The molecule has 1 N–H and O–H groups in total. The third-order valence-corrected chi connectivity index (χ3v) is 2.59. The Hall–Kier alpha value is -1.60. The topological polar surface area (TPSA) is 37.8 Å². The number of rotatable bonds is 2. The minimum atomic E-state index is -4.68. The molecule has 106 valence electrons. The maximum absolute atomic E-state index is 13.5. The molecule has 0 aliphatic rings. The fraction of sp³-hybridized carbons (Fsp3) is 0.0909. The summed E-state index contributed by atoms with van der Waals surface area (Å²) < 4.78 is 51.2. The van der Waals surface area contributed by atoms with Crippen molar-refractivity contribution in [3.63, 3.8) is 0 Å². The Morgan fingerprint density at radius 3 is 2.35 bits per heavy atom. The van der Waals surface area contributed by atoms with E-state index in [1.165, 1.54) is 12.1 Å². The lowest BCUT2D eigenvalue weighted by Gasteiger charge is -2.10. The average molecular weight is 326 g/mol. The second-order valence-electron chi connectivity index (χ2n) is 3.65. The zero-order valence-corrected chi connectivity index (χ0v) is 11.0. The van der Waals surface area contributed by atoms with E-state index >= 15 is 0 Å². The first-order valence-corrected chi connectivity index (χ1v) is 5.85. The van der Waals surface area contributed by atoms with Crippen molar-refractivity contribution in [1.82, 2.24) is 9.97 Å². The van der Waals surface area contributed by atoms with Gasteiger partial charge in [0.2, 0.25) is 5.28 Å². The molecule has 1 aromatic carbocycles. The molecule has 0 saturated carbocycles. The lowest BCUT2D eigenvalue weighted by atomic mass is 10.3. The molecule has 0 bridgehead atoms. The van der Waals surface area contributed by atoms with Gasteiger partial charge in [-0.1, -0.05) is 11.6 Å². The monoisotopic (exact) mass is 325 g/mol. The maximum atomic E-state index is 13.5. The number of benzene rings is 1. The summed E-state index contributed by atoms with van der Waals surface area (Å²) in [6.45, 7) is 0. The van der Waals surface area contributed by atoms with Gasteiger partial charge in [0.15, 0.2) is 5.69 Å². The molecule has 0 fully saturated rings. The number of aromatic nitrogens is 2. The van der Waals surface area contributed by atoms with Gasteiger partial charge in [-0.15, -0.1) is 0 Å². The summed E-state index contributed by atoms with van der Waals surface area (Å²) in [5.74, 6) is -1.01. The number of alkyl halides is 3. The Morgan fingerprint density at radius 2 is 1.75 bits per heavy atom. The molecule has 0 aliphatic carbocycles. The molecule has 0 saturated heterocycles. The Bertz CT molecular complexity index is 646. The van der Waals surface area contributed by atoms with Gasteiger partial charge in [-0.2, -0.15) is 13.2 Å². The van der Waals surface area contributed by atoms with Crippen LogP contribution < -0.4 is 5.32 Å². The van der Waals surface area contributed by atoms with Crippen molar-refractivity contribution in [1.29, 1.82) is 0 Å². The molecule has 0 spiro atoms. The molecule has 9 heteroatoms. The predicted molar refractivity (Wildman–Crippen MR) is 66.7 cm³/mol. The normalized spacial score (nSPS) is 11.5. The largest absolute Gasteiger partial charge is 0.433 e. The molecule has 3 nitrogen and oxygen atoms in total. The van der Waals surface area contributed by atoms with Crippen LogP contribution in [0.15, 0.2) is 24.3 Å². The van der Waals surface area contributed by atoms with Gasteiger partial charge in [0, 0.05) is 11.1 Å². The van der Waals surface area contributed by atoms with E-state index in [2.05, 4.69) is 15.3 Å². The lowest BCUT2D eigenvalue weighted by Crippen LogP contribution is -2.10. The number of nitrogens with one attached hydrogen (secondary N) is 1. The summed E-state index contributed by atoms with van der Waals surface area (Å²) in [6.07, 6.45) is -4.68. The quantitative estimate of drug-likeness (QED) is 0.643. The van der Waals surface area contributed by atoms with E-state index in [0.717, 1.165) is 6.07 Å². The van der Waals surface area contributed by atoms with E-state index < -0.39 is 23.0 Å². The smallest absolute Gasteiger partial charge is 0.338 e. The van der Waals surface area contributed by atoms with Crippen LogP contribution in [0.1, 0.15) is 5.69 Å². The van der Waals surface area contributed by atoms with Crippen molar-refractivity contribution in [3.8, 4) is 0 Å². The minimum absolute atomic E-state index is 0.0858. The molecule has 0 unspecified atom stereocenters. The second kappa shape index (κ2) is 5.41. The summed E-state index contributed by atoms with van der Waals surface area (Å²) in [6, 6.07) is 4.28. The fourth-order valence-electron chi connectivity index (χ4n) is 1.36. The van der Waals surface area contributed by atoms with Gasteiger partial charge >= 0.3 is 6.18 Å². The van der Waals surface area contributed by atoms with Crippen molar-refractivity contribution >= 4 is 34.7 Å². The van der Waals surface area contributed by atoms with Crippen molar-refractivity contribution < 1.29 is 17.6 Å². The summed E-state index contributed by atoms with van der Waals surface area (Å²) in [5.41, 5.74) is -1.31. The van der Waals surface area contributed by atoms with E-state index in [0.29, 0.717) is 6.07 Å². The number of hydrogen-bond donors (Lipinski definition) is 1. The molecule has 0 atom stereocenters. The van der Waals surface area contributed by atoms with Crippen LogP contribution in [0, 0.1) is 5.82 Å². The molecule has 20 heavy (non-hydrogen) atoms. The molecule has 0 amide bonds. The van der Waals surface area contributed by atoms with Gasteiger partial charge in [0.05, 0.1) is 5.69 Å². The van der Waals surface area contributed by atoms with E-state index in [9.17, 15) is 17.6 Å². The van der Waals surface area contributed by atoms with Crippen LogP contribution >= 0.6 is 23.2 Å². The second-order valence-corrected chi connectivity index (χ2v) is 4.43. The third-order valence-electron chi connectivity index (χ3n) is 2.18. The van der Waals surface area contributed by atoms with Crippen LogP contribution in [-0.2, 0) is 6.18 Å². The highest BCUT2D eigenvalue weighted by molar-refractivity contribution is 6.30. The summed E-state index contributed by atoms with van der Waals surface area (Å²) in [5, 5.41) is 1.94. The van der Waals surface area contributed by atoms with Gasteiger partial charge in [0.1, 0.15) is 11.6 Å². The maximum Gasteiger partial charge on any atom is 0.433 e. The number of halogens is 6. The van der Waals surface area contributed by atoms with Crippen LogP contribution in [0.5, 0.6) is 0 Å². The first-order valence-electron chi connectivity index (χ1n) is 5.09. The first kappa shape index (κ1) is 14.8. The van der Waals surface area contributed by atoms with Gasteiger partial charge in [-0.05, 0) is 29.8 Å². The number of nitrogens with zero attached hydrogens (tertiary/aromatic N) is 2. The van der Waals surface area contributed by atoms with Crippen molar-refractivity contribution in [2.24, 2.45) is 0 Å². The number of hydrogen-bond acceptors (Lipinski definition) is 3. The van der Waals surface area contributed by atoms with Gasteiger partial charge < -0.3 is 5.32 Å². The molecule has 1 heterocycles. The molecular formula is C11H5Cl2F4N3. The van der Waals surface area contributed by atoms with Gasteiger partial charge in [-0.3, -0.25) is 0 Å². The summed E-state index contributed by atoms with van der Waals surface area (Å²) >= 11 is 11.0. The van der Waals surface area contributed by atoms with Crippen LogP contribution in [0.4, 0.5) is 29.1 Å². The van der Waals surface area contributed by atoms with Crippen LogP contribution in [0.25, 0.3) is 0 Å². The Kier molecular flexibility index (Phi) is 4.01. The number of anilines is 2. The molecule has 1 aromatic heterocycles. The SMILES string of the molecule is Fc1cc(Cl)ccc1Nc1cc(C(F)(F)F)nc(Cl)n1. The Labute approximate surface area is 120 Å². The minimum Gasteiger partial charge on any atom is -0.338 e. The zero-order chi connectivity index (χ0) is 14.9. The zero-order valence-electron chi connectivity index (χ0n) is 9.47. The standard InChI is InChI=1S/C11H5Cl2F4N3/c12-5-1-2-7(6(14)3-5)18-9-4-8(11(15,16)17)19-10(13)20-9/h1-4H,(H,18,19,20). The van der Waals surface area contributed by atoms with Crippen LogP contribution in [0.3, 0.4) is 0 Å². The molecule has 0 aliphatic heterocycles. The van der Waals surface area contributed by atoms with Crippen LogP contribution in [0.2, 0.25) is 10.3 Å². The Morgan fingerprint density at radius 1 is 1.05 bits per heavy atom. The Balaban J connectivity index is 2.36. The van der Waals surface area contributed by atoms with Crippen molar-refractivity contribution in [2.45, 2.75) is 6.18 Å². The van der Waals surface area contributed by atoms with E-state index in [1.54, 1.807) is 0 Å². The van der Waals surface area contributed by atoms with Crippen molar-refractivity contribution in [3.05, 3.63) is 46.1 Å². The fourth-order valence-corrected chi connectivity index (χ4v) is 1.70. The van der Waals surface area contributed by atoms with Crippen LogP contribution in [-0.4, -0.2) is 9.97 Å². The average Bonchev–Trinajstić information content (AvgIpc) is 2.31. The van der Waals surface area contributed by atoms with E-state index in [1.807, 2.05) is 0 Å². The summed E-state index contributed by atoms with van der Waals surface area (Å²) in [7, 11) is 0. The highest BCUT2D eigenvalue weighted by Crippen LogP contribution is 2.30. The first-order chi connectivity index (χ1) is 9.25. The highest BCUT2D eigenvalue weighted by Gasteiger charge is 2.33. The molecule has 2 rings (SSSR count). The lowest BCUT2D eigenvalue weighted by molar-refractivity contribution is -0.141. The molecule has 2 aromatic rings.